The minimum Gasteiger partial charge on any atom is -0.451 e. The van der Waals surface area contributed by atoms with E-state index >= 15 is 0 Å². The summed E-state index contributed by atoms with van der Waals surface area (Å²) in [6.07, 6.45) is 0. The van der Waals surface area contributed by atoms with Gasteiger partial charge in [0.2, 0.25) is 0 Å². The number of hydrogen-bond donors (Lipinski definition) is 1. The van der Waals surface area contributed by atoms with Crippen LogP contribution in [0, 0.1) is 6.92 Å². The summed E-state index contributed by atoms with van der Waals surface area (Å²) in [5.74, 6) is -0.539. The molecular formula is C17H12ClNO3. The largest absolute Gasteiger partial charge is 0.451 e. The topological polar surface area (TPSA) is 59.3 Å². The highest BCUT2D eigenvalue weighted by atomic mass is 35.5. The van der Waals surface area contributed by atoms with Crippen LogP contribution in [0.2, 0.25) is 5.02 Å². The Kier molecular flexibility index (Phi) is 3.69. The fourth-order valence-corrected chi connectivity index (χ4v) is 2.26. The lowest BCUT2D eigenvalue weighted by molar-refractivity contribution is 0.0997. The van der Waals surface area contributed by atoms with Crippen LogP contribution in [0.4, 0.5) is 5.69 Å². The molecule has 0 saturated carbocycles. The van der Waals surface area contributed by atoms with Crippen LogP contribution in [-0.4, -0.2) is 5.91 Å². The van der Waals surface area contributed by atoms with Gasteiger partial charge in [0, 0.05) is 16.8 Å². The number of rotatable bonds is 2. The highest BCUT2D eigenvalue weighted by Gasteiger charge is 2.12. The first-order chi connectivity index (χ1) is 10.5. The van der Waals surface area contributed by atoms with Crippen LogP contribution in [0.3, 0.4) is 0 Å². The molecule has 4 nitrogen and oxygen atoms in total. The normalized spacial score (nSPS) is 10.6. The van der Waals surface area contributed by atoms with Gasteiger partial charge in [0.15, 0.2) is 11.2 Å². The Labute approximate surface area is 131 Å². The first kappa shape index (κ1) is 14.4. The first-order valence-electron chi connectivity index (χ1n) is 6.65. The third-order valence-electron chi connectivity index (χ3n) is 3.29. The molecule has 0 aliphatic heterocycles. The van der Waals surface area contributed by atoms with Crippen LogP contribution in [0.5, 0.6) is 0 Å². The maximum absolute atomic E-state index is 12.2. The Hall–Kier alpha value is -2.59. The van der Waals surface area contributed by atoms with E-state index < -0.39 is 5.91 Å². The second-order valence-corrected chi connectivity index (χ2v) is 5.30. The van der Waals surface area contributed by atoms with Gasteiger partial charge >= 0.3 is 0 Å². The van der Waals surface area contributed by atoms with Gasteiger partial charge in [-0.15, -0.1) is 0 Å². The van der Waals surface area contributed by atoms with Crippen molar-refractivity contribution in [3.8, 4) is 0 Å². The molecule has 22 heavy (non-hydrogen) atoms. The third kappa shape index (κ3) is 2.73. The number of carbonyl (C=O) groups is 1. The van der Waals surface area contributed by atoms with Crippen molar-refractivity contribution in [2.24, 2.45) is 0 Å². The van der Waals surface area contributed by atoms with Crippen molar-refractivity contribution in [2.75, 3.05) is 5.32 Å². The Morgan fingerprint density at radius 1 is 1.14 bits per heavy atom. The minimum atomic E-state index is -0.497. The van der Waals surface area contributed by atoms with Gasteiger partial charge in [-0.3, -0.25) is 9.59 Å². The van der Waals surface area contributed by atoms with Gasteiger partial charge < -0.3 is 9.73 Å². The van der Waals surface area contributed by atoms with E-state index in [2.05, 4.69) is 5.32 Å². The smallest absolute Gasteiger partial charge is 0.291 e. The molecular weight excluding hydrogens is 302 g/mol. The van der Waals surface area contributed by atoms with E-state index in [0.29, 0.717) is 21.7 Å². The summed E-state index contributed by atoms with van der Waals surface area (Å²) in [5.41, 5.74) is 1.57. The fourth-order valence-electron chi connectivity index (χ4n) is 2.08. The molecule has 3 rings (SSSR count). The van der Waals surface area contributed by atoms with Gasteiger partial charge in [-0.1, -0.05) is 29.8 Å². The second kappa shape index (κ2) is 5.66. The van der Waals surface area contributed by atoms with Crippen LogP contribution in [0.25, 0.3) is 11.0 Å². The van der Waals surface area contributed by atoms with Crippen LogP contribution < -0.4 is 10.7 Å². The standard InChI is InChI=1S/C17H12ClNO3/c1-10-6-7-11(8-13(10)18)19-17(21)16-9-14(20)12-4-2-3-5-15(12)22-16/h2-9H,1H3,(H,19,21). The molecule has 0 unspecified atom stereocenters. The van der Waals surface area contributed by atoms with Gasteiger partial charge in [-0.05, 0) is 36.8 Å². The molecule has 0 aliphatic rings. The van der Waals surface area contributed by atoms with Crippen LogP contribution in [-0.2, 0) is 0 Å². The average Bonchev–Trinajstić information content (AvgIpc) is 2.51. The molecule has 0 saturated heterocycles. The molecule has 1 heterocycles. The Morgan fingerprint density at radius 3 is 2.68 bits per heavy atom. The monoisotopic (exact) mass is 313 g/mol. The number of aryl methyl sites for hydroxylation is 1. The Bertz CT molecular complexity index is 931. The lowest BCUT2D eigenvalue weighted by Crippen LogP contribution is -2.15. The number of benzene rings is 2. The van der Waals surface area contributed by atoms with E-state index in [4.69, 9.17) is 16.0 Å². The molecule has 0 aliphatic carbocycles. The molecule has 2 aromatic carbocycles. The number of fused-ring (bicyclic) bond motifs is 1. The zero-order valence-electron chi connectivity index (χ0n) is 11.7. The zero-order chi connectivity index (χ0) is 15.7. The number of anilines is 1. The van der Waals surface area contributed by atoms with Crippen molar-refractivity contribution < 1.29 is 9.21 Å². The van der Waals surface area contributed by atoms with E-state index in [-0.39, 0.29) is 11.2 Å². The minimum absolute atomic E-state index is 0.0413. The number of para-hydroxylation sites is 1. The van der Waals surface area contributed by atoms with Gasteiger partial charge in [-0.2, -0.15) is 0 Å². The number of nitrogens with one attached hydrogen (secondary N) is 1. The molecule has 1 aromatic heterocycles. The first-order valence-corrected chi connectivity index (χ1v) is 7.03. The van der Waals surface area contributed by atoms with Crippen molar-refractivity contribution >= 4 is 34.2 Å². The lowest BCUT2D eigenvalue weighted by atomic mass is 10.2. The van der Waals surface area contributed by atoms with Crippen molar-refractivity contribution in [3.05, 3.63) is 75.1 Å². The van der Waals surface area contributed by atoms with E-state index in [1.165, 1.54) is 6.07 Å². The fraction of sp³-hybridized carbons (Fsp3) is 0.0588. The van der Waals surface area contributed by atoms with E-state index in [9.17, 15) is 9.59 Å². The molecule has 0 atom stereocenters. The van der Waals surface area contributed by atoms with Crippen molar-refractivity contribution in [2.45, 2.75) is 6.92 Å². The van der Waals surface area contributed by atoms with Crippen LogP contribution in [0.15, 0.2) is 57.7 Å². The van der Waals surface area contributed by atoms with Crippen LogP contribution >= 0.6 is 11.6 Å². The van der Waals surface area contributed by atoms with E-state index in [1.54, 1.807) is 42.5 Å². The number of carbonyl (C=O) groups excluding carboxylic acids is 1. The van der Waals surface area contributed by atoms with Gasteiger partial charge in [-0.25, -0.2) is 0 Å². The summed E-state index contributed by atoms with van der Waals surface area (Å²) in [6, 6.07) is 13.2. The third-order valence-corrected chi connectivity index (χ3v) is 3.70. The molecule has 1 N–H and O–H groups in total. The molecule has 110 valence electrons. The number of halogens is 1. The average molecular weight is 314 g/mol. The SMILES string of the molecule is Cc1ccc(NC(=O)c2cc(=O)c3ccccc3o2)cc1Cl. The van der Waals surface area contributed by atoms with Crippen molar-refractivity contribution in [1.82, 2.24) is 0 Å². The molecule has 1 amide bonds. The quantitative estimate of drug-likeness (QED) is 0.777. The summed E-state index contributed by atoms with van der Waals surface area (Å²) in [6.45, 7) is 1.87. The molecule has 0 spiro atoms. The summed E-state index contributed by atoms with van der Waals surface area (Å²) < 4.78 is 5.49. The molecule has 5 heteroatoms. The molecule has 0 fully saturated rings. The van der Waals surface area contributed by atoms with Crippen LogP contribution in [0.1, 0.15) is 16.1 Å². The van der Waals surface area contributed by atoms with Gasteiger partial charge in [0.25, 0.3) is 5.91 Å². The highest BCUT2D eigenvalue weighted by molar-refractivity contribution is 6.31. The van der Waals surface area contributed by atoms with Gasteiger partial charge in [0.05, 0.1) is 5.39 Å². The summed E-state index contributed by atoms with van der Waals surface area (Å²) in [4.78, 5) is 24.2. The zero-order valence-corrected chi connectivity index (χ0v) is 12.5. The summed E-state index contributed by atoms with van der Waals surface area (Å²) in [5, 5.41) is 3.66. The molecule has 0 bridgehead atoms. The van der Waals surface area contributed by atoms with Gasteiger partial charge in [0.1, 0.15) is 5.58 Å². The van der Waals surface area contributed by atoms with E-state index in [0.717, 1.165) is 5.56 Å². The Balaban J connectivity index is 1.95. The van der Waals surface area contributed by atoms with E-state index in [1.807, 2.05) is 6.92 Å². The predicted molar refractivity (Wildman–Crippen MR) is 86.6 cm³/mol. The number of hydrogen-bond acceptors (Lipinski definition) is 3. The number of amides is 1. The second-order valence-electron chi connectivity index (χ2n) is 4.89. The van der Waals surface area contributed by atoms with Crippen molar-refractivity contribution in [1.29, 1.82) is 0 Å². The highest BCUT2D eigenvalue weighted by Crippen LogP contribution is 2.20. The molecule has 3 aromatic rings. The van der Waals surface area contributed by atoms with Crippen molar-refractivity contribution in [3.63, 3.8) is 0 Å². The lowest BCUT2D eigenvalue weighted by Gasteiger charge is -2.07. The predicted octanol–water partition coefficient (Wildman–Crippen LogP) is 4.01. The summed E-state index contributed by atoms with van der Waals surface area (Å²) in [7, 11) is 0. The molecule has 0 radical (unpaired) electrons. The maximum Gasteiger partial charge on any atom is 0.291 e. The maximum atomic E-state index is 12.2. The Morgan fingerprint density at radius 2 is 1.91 bits per heavy atom. The summed E-state index contributed by atoms with van der Waals surface area (Å²) >= 11 is 6.02.